The molecule has 0 spiro atoms. The third kappa shape index (κ3) is 2.41. The minimum absolute atomic E-state index is 0.00538. The van der Waals surface area contributed by atoms with E-state index in [-0.39, 0.29) is 6.04 Å². The maximum absolute atomic E-state index is 6.44. The van der Waals surface area contributed by atoms with Gasteiger partial charge in [0, 0.05) is 6.04 Å². The second-order valence-corrected chi connectivity index (χ2v) is 5.76. The van der Waals surface area contributed by atoms with Crippen LogP contribution >= 0.6 is 11.6 Å². The molecule has 0 amide bonds. The van der Waals surface area contributed by atoms with Crippen LogP contribution in [0.1, 0.15) is 22.7 Å². The highest BCUT2D eigenvalue weighted by Crippen LogP contribution is 2.36. The van der Waals surface area contributed by atoms with Crippen LogP contribution in [0.4, 0.5) is 0 Å². The van der Waals surface area contributed by atoms with Crippen molar-refractivity contribution in [1.82, 2.24) is 0 Å². The van der Waals surface area contributed by atoms with Crippen LogP contribution in [0.3, 0.4) is 0 Å². The lowest BCUT2D eigenvalue weighted by atomic mass is 9.91. The average molecular weight is 288 g/mol. The van der Waals surface area contributed by atoms with E-state index in [2.05, 4.69) is 24.3 Å². The molecular weight excluding hydrogens is 270 g/mol. The van der Waals surface area contributed by atoms with Crippen LogP contribution in [-0.2, 0) is 12.8 Å². The van der Waals surface area contributed by atoms with E-state index in [4.69, 9.17) is 22.1 Å². The molecule has 3 rings (SSSR count). The third-order valence-electron chi connectivity index (χ3n) is 4.15. The normalized spacial score (nSPS) is 15.9. The highest BCUT2D eigenvalue weighted by atomic mass is 35.5. The van der Waals surface area contributed by atoms with Crippen LogP contribution in [0.25, 0.3) is 0 Å². The van der Waals surface area contributed by atoms with E-state index in [1.54, 1.807) is 7.11 Å². The first kappa shape index (κ1) is 13.5. The molecule has 0 bridgehead atoms. The van der Waals surface area contributed by atoms with Crippen molar-refractivity contribution in [2.75, 3.05) is 7.11 Å². The minimum Gasteiger partial charge on any atom is -0.495 e. The molecule has 1 atom stereocenters. The van der Waals surface area contributed by atoms with Crippen molar-refractivity contribution in [2.24, 2.45) is 11.7 Å². The molecule has 1 unspecified atom stereocenters. The van der Waals surface area contributed by atoms with Gasteiger partial charge in [-0.2, -0.15) is 0 Å². The van der Waals surface area contributed by atoms with E-state index in [0.29, 0.717) is 16.7 Å². The summed E-state index contributed by atoms with van der Waals surface area (Å²) in [6, 6.07) is 14.4. The summed E-state index contributed by atoms with van der Waals surface area (Å²) in [4.78, 5) is 0. The Morgan fingerprint density at radius 1 is 1.15 bits per heavy atom. The van der Waals surface area contributed by atoms with Crippen molar-refractivity contribution < 1.29 is 4.74 Å². The largest absolute Gasteiger partial charge is 0.495 e. The molecule has 20 heavy (non-hydrogen) atoms. The molecule has 2 nitrogen and oxygen atoms in total. The fraction of sp³-hybridized carbons (Fsp3) is 0.294. The predicted molar refractivity (Wildman–Crippen MR) is 82.3 cm³/mol. The van der Waals surface area contributed by atoms with Gasteiger partial charge in [-0.15, -0.1) is 0 Å². The molecule has 0 fully saturated rings. The van der Waals surface area contributed by atoms with E-state index < -0.39 is 0 Å². The molecule has 0 aromatic heterocycles. The molecule has 2 aromatic carbocycles. The van der Waals surface area contributed by atoms with E-state index in [9.17, 15) is 0 Å². The highest BCUT2D eigenvalue weighted by molar-refractivity contribution is 6.32. The van der Waals surface area contributed by atoms with Gasteiger partial charge >= 0.3 is 0 Å². The fourth-order valence-electron chi connectivity index (χ4n) is 3.01. The Kier molecular flexibility index (Phi) is 3.68. The molecule has 2 N–H and O–H groups in total. The Morgan fingerprint density at radius 3 is 2.35 bits per heavy atom. The van der Waals surface area contributed by atoms with Crippen LogP contribution in [-0.4, -0.2) is 7.11 Å². The summed E-state index contributed by atoms with van der Waals surface area (Å²) < 4.78 is 5.18. The molecular formula is C17H18ClNO. The van der Waals surface area contributed by atoms with Gasteiger partial charge in [0.25, 0.3) is 0 Å². The minimum atomic E-state index is 0.00538. The molecule has 1 aliphatic rings. The Bertz CT molecular complexity index is 601. The van der Waals surface area contributed by atoms with E-state index in [1.807, 2.05) is 18.2 Å². The summed E-state index contributed by atoms with van der Waals surface area (Å²) in [6.45, 7) is 0. The first-order valence-corrected chi connectivity index (χ1v) is 7.22. The number of ether oxygens (including phenoxy) is 1. The zero-order chi connectivity index (χ0) is 14.1. The maximum atomic E-state index is 6.44. The molecule has 1 aliphatic carbocycles. The Morgan fingerprint density at radius 2 is 1.80 bits per heavy atom. The first-order chi connectivity index (χ1) is 9.69. The van der Waals surface area contributed by atoms with Crippen molar-refractivity contribution in [3.05, 3.63) is 64.2 Å². The molecule has 0 saturated carbocycles. The topological polar surface area (TPSA) is 35.2 Å². The highest BCUT2D eigenvalue weighted by Gasteiger charge is 2.27. The lowest BCUT2D eigenvalue weighted by molar-refractivity contribution is 0.413. The van der Waals surface area contributed by atoms with E-state index in [0.717, 1.165) is 18.4 Å². The number of halogens is 1. The van der Waals surface area contributed by atoms with Gasteiger partial charge in [-0.1, -0.05) is 41.9 Å². The van der Waals surface area contributed by atoms with Gasteiger partial charge in [-0.3, -0.25) is 0 Å². The zero-order valence-electron chi connectivity index (χ0n) is 11.5. The summed E-state index contributed by atoms with van der Waals surface area (Å²) in [5.74, 6) is 1.13. The quantitative estimate of drug-likeness (QED) is 0.933. The summed E-state index contributed by atoms with van der Waals surface area (Å²) >= 11 is 6.19. The number of methoxy groups -OCH3 is 1. The Labute approximate surface area is 124 Å². The number of benzene rings is 2. The number of hydrogen-bond acceptors (Lipinski definition) is 2. The van der Waals surface area contributed by atoms with Crippen LogP contribution in [0, 0.1) is 5.92 Å². The lowest BCUT2D eigenvalue weighted by Crippen LogP contribution is -2.21. The van der Waals surface area contributed by atoms with Crippen LogP contribution in [0.5, 0.6) is 5.75 Å². The van der Waals surface area contributed by atoms with Crippen LogP contribution in [0.2, 0.25) is 5.02 Å². The summed E-state index contributed by atoms with van der Waals surface area (Å²) in [7, 11) is 1.62. The molecule has 2 aromatic rings. The average Bonchev–Trinajstić information content (AvgIpc) is 2.90. The second kappa shape index (κ2) is 5.47. The van der Waals surface area contributed by atoms with Crippen molar-refractivity contribution in [3.8, 4) is 5.75 Å². The second-order valence-electron chi connectivity index (χ2n) is 5.36. The monoisotopic (exact) mass is 287 g/mol. The van der Waals surface area contributed by atoms with Gasteiger partial charge in [0.15, 0.2) is 0 Å². The number of rotatable bonds is 3. The van der Waals surface area contributed by atoms with Gasteiger partial charge in [-0.25, -0.2) is 0 Å². The zero-order valence-corrected chi connectivity index (χ0v) is 12.2. The standard InChI is InChI=1S/C17H18ClNO/c1-20-16-7-6-13(10-15(16)18)17(19)14-8-11-4-2-3-5-12(11)9-14/h2-7,10,14,17H,8-9,19H2,1H3. The van der Waals surface area contributed by atoms with Gasteiger partial charge in [-0.05, 0) is 47.6 Å². The van der Waals surface area contributed by atoms with Crippen molar-refractivity contribution in [3.63, 3.8) is 0 Å². The predicted octanol–water partition coefficient (Wildman–Crippen LogP) is 3.76. The molecule has 104 valence electrons. The SMILES string of the molecule is COc1ccc(C(N)C2Cc3ccccc3C2)cc1Cl. The maximum Gasteiger partial charge on any atom is 0.137 e. The van der Waals surface area contributed by atoms with Crippen molar-refractivity contribution in [2.45, 2.75) is 18.9 Å². The van der Waals surface area contributed by atoms with Gasteiger partial charge in [0.05, 0.1) is 12.1 Å². The lowest BCUT2D eigenvalue weighted by Gasteiger charge is -2.20. The first-order valence-electron chi connectivity index (χ1n) is 6.85. The smallest absolute Gasteiger partial charge is 0.137 e. The van der Waals surface area contributed by atoms with E-state index in [1.165, 1.54) is 11.1 Å². The molecule has 3 heteroatoms. The van der Waals surface area contributed by atoms with Crippen LogP contribution < -0.4 is 10.5 Å². The summed E-state index contributed by atoms with van der Waals surface area (Å²) in [5, 5.41) is 0.621. The van der Waals surface area contributed by atoms with Crippen molar-refractivity contribution >= 4 is 11.6 Å². The van der Waals surface area contributed by atoms with Gasteiger partial charge < -0.3 is 10.5 Å². The Hall–Kier alpha value is -1.51. The Balaban J connectivity index is 1.81. The number of hydrogen-bond donors (Lipinski definition) is 1. The van der Waals surface area contributed by atoms with Crippen LogP contribution in [0.15, 0.2) is 42.5 Å². The summed E-state index contributed by atoms with van der Waals surface area (Å²) in [5.41, 5.74) is 10.4. The van der Waals surface area contributed by atoms with Crippen molar-refractivity contribution in [1.29, 1.82) is 0 Å². The fourth-order valence-corrected chi connectivity index (χ4v) is 3.28. The molecule has 0 saturated heterocycles. The molecule has 0 aliphatic heterocycles. The summed E-state index contributed by atoms with van der Waals surface area (Å²) in [6.07, 6.45) is 2.09. The molecule has 0 heterocycles. The van der Waals surface area contributed by atoms with Gasteiger partial charge in [0.1, 0.15) is 5.75 Å². The number of nitrogens with two attached hydrogens (primary N) is 1. The van der Waals surface area contributed by atoms with E-state index >= 15 is 0 Å². The molecule has 0 radical (unpaired) electrons. The van der Waals surface area contributed by atoms with Gasteiger partial charge in [0.2, 0.25) is 0 Å². The number of fused-ring (bicyclic) bond motifs is 1. The third-order valence-corrected chi connectivity index (χ3v) is 4.45.